The quantitative estimate of drug-likeness (QED) is 0.525. The summed E-state index contributed by atoms with van der Waals surface area (Å²) in [6.07, 6.45) is 1.59. The van der Waals surface area contributed by atoms with Crippen molar-refractivity contribution >= 4 is 17.4 Å². The first-order valence-electron chi connectivity index (χ1n) is 10.9. The maximum atomic E-state index is 13.3. The van der Waals surface area contributed by atoms with Crippen molar-refractivity contribution in [1.29, 1.82) is 0 Å². The molecule has 3 aromatic rings. The molecule has 0 radical (unpaired) electrons. The third-order valence-electron chi connectivity index (χ3n) is 6.50. The Morgan fingerprint density at radius 3 is 2.48 bits per heavy atom. The molecule has 1 saturated carbocycles. The SMILES string of the molecule is COc1cc(-c2cc(NC(=O)C3(c4ccc5c(c4)OCO5)CC3)ccc2C)ccc1C(C)=O. The van der Waals surface area contributed by atoms with E-state index in [2.05, 4.69) is 5.32 Å². The zero-order valence-corrected chi connectivity index (χ0v) is 18.9. The molecule has 0 aromatic heterocycles. The molecule has 33 heavy (non-hydrogen) atoms. The highest BCUT2D eigenvalue weighted by Crippen LogP contribution is 2.51. The number of carbonyl (C=O) groups is 2. The van der Waals surface area contributed by atoms with Gasteiger partial charge in [0.05, 0.1) is 18.1 Å². The van der Waals surface area contributed by atoms with Crippen LogP contribution in [0.25, 0.3) is 11.1 Å². The summed E-state index contributed by atoms with van der Waals surface area (Å²) in [5.41, 5.74) is 4.61. The monoisotopic (exact) mass is 443 g/mol. The van der Waals surface area contributed by atoms with Gasteiger partial charge in [-0.05, 0) is 85.3 Å². The topological polar surface area (TPSA) is 73.9 Å². The number of ether oxygens (including phenoxy) is 3. The first-order chi connectivity index (χ1) is 15.9. The Morgan fingerprint density at radius 1 is 0.970 bits per heavy atom. The first kappa shape index (κ1) is 21.1. The molecule has 1 fully saturated rings. The number of rotatable bonds is 6. The van der Waals surface area contributed by atoms with E-state index in [4.69, 9.17) is 14.2 Å². The molecule has 1 aliphatic heterocycles. The summed E-state index contributed by atoms with van der Waals surface area (Å²) in [6, 6.07) is 17.1. The smallest absolute Gasteiger partial charge is 0.235 e. The highest BCUT2D eigenvalue weighted by molar-refractivity contribution is 6.02. The van der Waals surface area contributed by atoms with Crippen molar-refractivity contribution in [2.45, 2.75) is 32.1 Å². The second-order valence-electron chi connectivity index (χ2n) is 8.61. The number of carbonyl (C=O) groups excluding carboxylic acids is 2. The van der Waals surface area contributed by atoms with Crippen LogP contribution in [0.15, 0.2) is 54.6 Å². The number of ketones is 1. The number of hydrogen-bond acceptors (Lipinski definition) is 5. The molecular formula is C27H25NO5. The molecule has 0 unspecified atom stereocenters. The van der Waals surface area contributed by atoms with Crippen LogP contribution in [0.4, 0.5) is 5.69 Å². The minimum Gasteiger partial charge on any atom is -0.496 e. The average Bonchev–Trinajstić information content (AvgIpc) is 3.50. The number of hydrogen-bond donors (Lipinski definition) is 1. The summed E-state index contributed by atoms with van der Waals surface area (Å²) in [7, 11) is 1.56. The molecule has 5 rings (SSSR count). The lowest BCUT2D eigenvalue weighted by Gasteiger charge is -2.18. The number of fused-ring (bicyclic) bond motifs is 1. The van der Waals surface area contributed by atoms with Gasteiger partial charge < -0.3 is 19.5 Å². The van der Waals surface area contributed by atoms with Crippen LogP contribution < -0.4 is 19.5 Å². The molecule has 0 atom stereocenters. The molecular weight excluding hydrogens is 418 g/mol. The van der Waals surface area contributed by atoms with Gasteiger partial charge in [-0.25, -0.2) is 0 Å². The normalized spacial score (nSPS) is 15.1. The lowest BCUT2D eigenvalue weighted by atomic mass is 9.94. The average molecular weight is 443 g/mol. The van der Waals surface area contributed by atoms with Gasteiger partial charge in [0.15, 0.2) is 17.3 Å². The molecule has 3 aromatic carbocycles. The highest BCUT2D eigenvalue weighted by atomic mass is 16.7. The Kier molecular flexibility index (Phi) is 5.08. The van der Waals surface area contributed by atoms with Gasteiger partial charge in [0, 0.05) is 5.69 Å². The number of anilines is 1. The van der Waals surface area contributed by atoms with E-state index in [0.29, 0.717) is 22.8 Å². The van der Waals surface area contributed by atoms with E-state index < -0.39 is 5.41 Å². The zero-order chi connectivity index (χ0) is 23.2. The lowest BCUT2D eigenvalue weighted by Crippen LogP contribution is -2.27. The van der Waals surface area contributed by atoms with E-state index in [1.165, 1.54) is 6.92 Å². The molecule has 2 aliphatic rings. The maximum absolute atomic E-state index is 13.3. The summed E-state index contributed by atoms with van der Waals surface area (Å²) in [6.45, 7) is 3.75. The van der Waals surface area contributed by atoms with Crippen LogP contribution in [-0.4, -0.2) is 25.6 Å². The molecule has 0 spiro atoms. The number of methoxy groups -OCH3 is 1. The molecule has 1 heterocycles. The Bertz CT molecular complexity index is 1280. The van der Waals surface area contributed by atoms with Crippen LogP contribution in [0.3, 0.4) is 0 Å². The predicted octanol–water partition coefficient (Wildman–Crippen LogP) is 5.27. The summed E-state index contributed by atoms with van der Waals surface area (Å²) >= 11 is 0. The molecule has 6 nitrogen and oxygen atoms in total. The number of aryl methyl sites for hydroxylation is 1. The van der Waals surface area contributed by atoms with Crippen molar-refractivity contribution in [3.05, 3.63) is 71.3 Å². The van der Waals surface area contributed by atoms with Crippen molar-refractivity contribution in [1.82, 2.24) is 0 Å². The molecule has 0 bridgehead atoms. The van der Waals surface area contributed by atoms with Crippen LogP contribution in [0.1, 0.15) is 41.3 Å². The van der Waals surface area contributed by atoms with Crippen molar-refractivity contribution in [3.63, 3.8) is 0 Å². The molecule has 1 amide bonds. The summed E-state index contributed by atoms with van der Waals surface area (Å²) in [5, 5.41) is 3.11. The van der Waals surface area contributed by atoms with Crippen LogP contribution in [0, 0.1) is 6.92 Å². The van der Waals surface area contributed by atoms with E-state index in [1.807, 2.05) is 55.5 Å². The Balaban J connectivity index is 1.42. The molecule has 6 heteroatoms. The molecule has 1 N–H and O–H groups in total. The Labute approximate surface area is 192 Å². The van der Waals surface area contributed by atoms with E-state index in [9.17, 15) is 9.59 Å². The van der Waals surface area contributed by atoms with Gasteiger partial charge in [-0.15, -0.1) is 0 Å². The minimum atomic E-state index is -0.543. The largest absolute Gasteiger partial charge is 0.496 e. The molecule has 1 aliphatic carbocycles. The lowest BCUT2D eigenvalue weighted by molar-refractivity contribution is -0.118. The third kappa shape index (κ3) is 3.71. The number of nitrogens with one attached hydrogen (secondary N) is 1. The number of amides is 1. The number of Topliss-reactive ketones (excluding diaryl/α,β-unsaturated/α-hetero) is 1. The van der Waals surface area contributed by atoms with Crippen molar-refractivity contribution in [2.75, 3.05) is 19.2 Å². The van der Waals surface area contributed by atoms with Crippen LogP contribution in [0.5, 0.6) is 17.2 Å². The highest BCUT2D eigenvalue weighted by Gasteiger charge is 2.51. The van der Waals surface area contributed by atoms with Gasteiger partial charge in [-0.3, -0.25) is 9.59 Å². The molecule has 168 valence electrons. The van der Waals surface area contributed by atoms with Crippen LogP contribution in [-0.2, 0) is 10.2 Å². The van der Waals surface area contributed by atoms with Crippen LogP contribution in [0.2, 0.25) is 0 Å². The predicted molar refractivity (Wildman–Crippen MR) is 125 cm³/mol. The van der Waals surface area contributed by atoms with Gasteiger partial charge in [-0.1, -0.05) is 18.2 Å². The molecule has 0 saturated heterocycles. The van der Waals surface area contributed by atoms with Crippen molar-refractivity contribution in [3.8, 4) is 28.4 Å². The van der Waals surface area contributed by atoms with Crippen LogP contribution >= 0.6 is 0 Å². The van der Waals surface area contributed by atoms with Gasteiger partial charge in [0.2, 0.25) is 12.7 Å². The van der Waals surface area contributed by atoms with E-state index in [-0.39, 0.29) is 18.5 Å². The first-order valence-corrected chi connectivity index (χ1v) is 10.9. The van der Waals surface area contributed by atoms with E-state index >= 15 is 0 Å². The fourth-order valence-corrected chi connectivity index (χ4v) is 4.38. The maximum Gasteiger partial charge on any atom is 0.235 e. The van der Waals surface area contributed by atoms with Gasteiger partial charge in [0.25, 0.3) is 0 Å². The summed E-state index contributed by atoms with van der Waals surface area (Å²) < 4.78 is 16.3. The minimum absolute atomic E-state index is 0.0272. The number of benzene rings is 3. The zero-order valence-electron chi connectivity index (χ0n) is 18.9. The van der Waals surface area contributed by atoms with E-state index in [1.54, 1.807) is 13.2 Å². The summed E-state index contributed by atoms with van der Waals surface area (Å²) in [4.78, 5) is 25.2. The Morgan fingerprint density at radius 2 is 1.76 bits per heavy atom. The van der Waals surface area contributed by atoms with Gasteiger partial charge in [-0.2, -0.15) is 0 Å². The van der Waals surface area contributed by atoms with Crippen molar-refractivity contribution in [2.24, 2.45) is 0 Å². The Hall–Kier alpha value is -3.80. The fraction of sp³-hybridized carbons (Fsp3) is 0.259. The van der Waals surface area contributed by atoms with Crippen molar-refractivity contribution < 1.29 is 23.8 Å². The second-order valence-corrected chi connectivity index (χ2v) is 8.61. The van der Waals surface area contributed by atoms with E-state index in [0.717, 1.165) is 40.8 Å². The van der Waals surface area contributed by atoms with Gasteiger partial charge in [0.1, 0.15) is 5.75 Å². The second kappa shape index (κ2) is 7.96. The third-order valence-corrected chi connectivity index (χ3v) is 6.50. The fourth-order valence-electron chi connectivity index (χ4n) is 4.38. The standard InChI is InChI=1S/C27H25NO5/c1-16-4-7-20(14-22(16)18-5-8-21(17(2)29)24(12-18)31-3)28-26(30)27(10-11-27)19-6-9-23-25(13-19)33-15-32-23/h4-9,12-14H,10-11,15H2,1-3H3,(H,28,30). The van der Waals surface area contributed by atoms with Gasteiger partial charge >= 0.3 is 0 Å². The summed E-state index contributed by atoms with van der Waals surface area (Å²) in [5.74, 6) is 1.86.